The molecule has 14 heteroatoms. The number of hydrogen-bond acceptors (Lipinski definition) is 10. The highest BCUT2D eigenvalue weighted by Crippen LogP contribution is 2.43. The van der Waals surface area contributed by atoms with Crippen molar-refractivity contribution in [2.24, 2.45) is 11.3 Å². The molecule has 0 saturated heterocycles. The van der Waals surface area contributed by atoms with Crippen molar-refractivity contribution in [3.63, 3.8) is 0 Å². The second-order valence-electron chi connectivity index (χ2n) is 18.2. The molecule has 0 aromatic rings. The van der Waals surface area contributed by atoms with E-state index in [4.69, 9.17) is 29.2 Å². The van der Waals surface area contributed by atoms with Crippen molar-refractivity contribution in [1.82, 2.24) is 10.5 Å². The monoisotopic (exact) mass is 892 g/mol. The van der Waals surface area contributed by atoms with Crippen molar-refractivity contribution in [3.8, 4) is 0 Å². The smallest absolute Gasteiger partial charge is 0.462 e. The summed E-state index contributed by atoms with van der Waals surface area (Å²) in [7, 11) is -4.61. The summed E-state index contributed by atoms with van der Waals surface area (Å²) in [4.78, 5) is 52.9. The molecule has 0 aliphatic heterocycles. The Hall–Kier alpha value is -1.76. The van der Waals surface area contributed by atoms with Gasteiger partial charge in [0.05, 0.1) is 19.8 Å². The SMILES string of the molecule is CCCCCCCCCCCCCCCCCC(=O)OC[C@H](COP(=O)(O)OCCNC(=O)N(N)OCC(C)(C)C)OC(=O)CCCCCCCCCCCCCCCCC. The molecular formula is C47H94N3O10P. The highest BCUT2D eigenvalue weighted by molar-refractivity contribution is 7.47. The molecular weight excluding hydrogens is 798 g/mol. The number of hydroxylamine groups is 1. The fraction of sp³-hybridized carbons (Fsp3) is 0.936. The molecule has 1 unspecified atom stereocenters. The lowest BCUT2D eigenvalue weighted by Gasteiger charge is -2.23. The van der Waals surface area contributed by atoms with Crippen LogP contribution in [0.5, 0.6) is 0 Å². The minimum Gasteiger partial charge on any atom is -0.462 e. The lowest BCUT2D eigenvalue weighted by atomic mass is 9.99. The third-order valence-electron chi connectivity index (χ3n) is 10.6. The molecule has 0 aromatic carbocycles. The van der Waals surface area contributed by atoms with Crippen molar-refractivity contribution in [3.05, 3.63) is 0 Å². The molecule has 0 aromatic heterocycles. The Morgan fingerprint density at radius 1 is 0.590 bits per heavy atom. The van der Waals surface area contributed by atoms with Crippen molar-refractivity contribution >= 4 is 25.8 Å². The van der Waals surface area contributed by atoms with E-state index in [-0.39, 0.29) is 44.6 Å². The molecule has 0 heterocycles. The molecule has 0 bridgehead atoms. The molecule has 2 amide bonds. The largest absolute Gasteiger partial charge is 0.472 e. The number of ether oxygens (including phenoxy) is 2. The number of esters is 2. The van der Waals surface area contributed by atoms with Gasteiger partial charge >= 0.3 is 25.8 Å². The van der Waals surface area contributed by atoms with Gasteiger partial charge in [-0.1, -0.05) is 214 Å². The van der Waals surface area contributed by atoms with Gasteiger partial charge in [0.2, 0.25) is 0 Å². The molecule has 0 spiro atoms. The Morgan fingerprint density at radius 2 is 0.967 bits per heavy atom. The fourth-order valence-corrected chi connectivity index (χ4v) is 7.58. The minimum absolute atomic E-state index is 0.159. The predicted octanol–water partition coefficient (Wildman–Crippen LogP) is 13.0. The van der Waals surface area contributed by atoms with Gasteiger partial charge in [-0.3, -0.25) is 23.5 Å². The molecule has 2 atom stereocenters. The highest BCUT2D eigenvalue weighted by Gasteiger charge is 2.26. The van der Waals surface area contributed by atoms with Gasteiger partial charge in [0.25, 0.3) is 0 Å². The normalized spacial score (nSPS) is 13.2. The van der Waals surface area contributed by atoms with Crippen LogP contribution in [0.15, 0.2) is 0 Å². The summed E-state index contributed by atoms with van der Waals surface area (Å²) in [5, 5.41) is 2.97. The summed E-state index contributed by atoms with van der Waals surface area (Å²) >= 11 is 0. The maximum absolute atomic E-state index is 12.8. The molecule has 362 valence electrons. The van der Waals surface area contributed by atoms with E-state index in [2.05, 4.69) is 19.2 Å². The van der Waals surface area contributed by atoms with Crippen LogP contribution in [0.2, 0.25) is 0 Å². The van der Waals surface area contributed by atoms with Crippen LogP contribution in [0, 0.1) is 5.41 Å². The quantitative estimate of drug-likeness (QED) is 0.0132. The van der Waals surface area contributed by atoms with Crippen molar-refractivity contribution in [1.29, 1.82) is 0 Å². The zero-order chi connectivity index (χ0) is 45.3. The summed E-state index contributed by atoms with van der Waals surface area (Å²) in [6.45, 7) is 9.11. The zero-order valence-electron chi connectivity index (χ0n) is 39.8. The summed E-state index contributed by atoms with van der Waals surface area (Å²) in [5.41, 5.74) is -0.219. The minimum atomic E-state index is -4.61. The topological polar surface area (TPSA) is 176 Å². The second-order valence-corrected chi connectivity index (χ2v) is 19.6. The van der Waals surface area contributed by atoms with Crippen molar-refractivity contribution in [2.75, 3.05) is 33.0 Å². The second kappa shape index (κ2) is 41.0. The molecule has 0 aliphatic rings. The number of phosphoric acid groups is 1. The first-order chi connectivity index (χ1) is 29.3. The molecule has 61 heavy (non-hydrogen) atoms. The third-order valence-corrected chi connectivity index (χ3v) is 11.6. The lowest BCUT2D eigenvalue weighted by Crippen LogP contribution is -2.46. The van der Waals surface area contributed by atoms with Crippen LogP contribution in [-0.4, -0.2) is 67.1 Å². The third kappa shape index (κ3) is 43.3. The van der Waals surface area contributed by atoms with E-state index in [0.29, 0.717) is 18.0 Å². The Balaban J connectivity index is 4.55. The zero-order valence-corrected chi connectivity index (χ0v) is 40.7. The van der Waals surface area contributed by atoms with Gasteiger partial charge in [0.15, 0.2) is 6.10 Å². The maximum atomic E-state index is 12.8. The standard InChI is InChI=1S/C47H94N3O10P/c1-6-8-10-12-14-16-18-20-22-24-26-28-30-32-34-36-44(51)56-40-43(41-59-61(54,55)58-39-38-49-46(53)50(48)57-42-47(3,4)5)60-45(52)37-35-33-31-29-27-25-23-21-19-17-15-13-11-9-7-2/h43H,6-42,48H2,1-5H3,(H,49,53)(H,54,55)/t43-/m1/s1. The van der Waals surface area contributed by atoms with E-state index < -0.39 is 38.5 Å². The first-order valence-electron chi connectivity index (χ1n) is 24.7. The average molecular weight is 892 g/mol. The summed E-state index contributed by atoms with van der Waals surface area (Å²) in [6.07, 6.45) is 36.1. The first kappa shape index (κ1) is 59.2. The summed E-state index contributed by atoms with van der Waals surface area (Å²) < 4.78 is 33.7. The van der Waals surface area contributed by atoms with Crippen LogP contribution in [0.25, 0.3) is 0 Å². The highest BCUT2D eigenvalue weighted by atomic mass is 31.2. The van der Waals surface area contributed by atoms with Crippen LogP contribution >= 0.6 is 7.82 Å². The van der Waals surface area contributed by atoms with E-state index in [9.17, 15) is 23.8 Å². The van der Waals surface area contributed by atoms with Gasteiger partial charge in [0, 0.05) is 19.4 Å². The molecule has 4 N–H and O–H groups in total. The average Bonchev–Trinajstić information content (AvgIpc) is 3.22. The Kier molecular flexibility index (Phi) is 39.8. The van der Waals surface area contributed by atoms with Crippen LogP contribution < -0.4 is 11.2 Å². The number of rotatable bonds is 44. The Labute approximate surface area is 372 Å². The Morgan fingerprint density at radius 3 is 1.36 bits per heavy atom. The first-order valence-corrected chi connectivity index (χ1v) is 26.2. The van der Waals surface area contributed by atoms with Crippen LogP contribution in [-0.2, 0) is 37.5 Å². The number of unbranched alkanes of at least 4 members (excludes halogenated alkanes) is 28. The van der Waals surface area contributed by atoms with Gasteiger partial charge in [-0.15, -0.1) is 5.17 Å². The van der Waals surface area contributed by atoms with E-state index in [0.717, 1.165) is 38.5 Å². The van der Waals surface area contributed by atoms with Crippen LogP contribution in [0.3, 0.4) is 0 Å². The Bertz CT molecular complexity index is 1090. The predicted molar refractivity (Wildman–Crippen MR) is 246 cm³/mol. The van der Waals surface area contributed by atoms with Gasteiger partial charge in [-0.05, 0) is 18.3 Å². The van der Waals surface area contributed by atoms with Crippen molar-refractivity contribution in [2.45, 2.75) is 246 Å². The molecule has 0 rings (SSSR count). The molecule has 0 saturated carbocycles. The fourth-order valence-electron chi connectivity index (χ4n) is 6.83. The molecule has 0 aliphatic carbocycles. The van der Waals surface area contributed by atoms with Gasteiger partial charge in [-0.2, -0.15) is 0 Å². The number of amides is 2. The van der Waals surface area contributed by atoms with Gasteiger partial charge < -0.3 is 19.7 Å². The number of nitrogens with one attached hydrogen (secondary N) is 1. The van der Waals surface area contributed by atoms with E-state index in [1.54, 1.807) is 0 Å². The number of carbonyl (C=O) groups excluding carboxylic acids is 3. The molecule has 13 nitrogen and oxygen atoms in total. The number of hydrogen-bond donors (Lipinski definition) is 3. The van der Waals surface area contributed by atoms with Gasteiger partial charge in [0.1, 0.15) is 6.61 Å². The number of carbonyl (C=O) groups is 3. The van der Waals surface area contributed by atoms with Crippen LogP contribution in [0.1, 0.15) is 240 Å². The van der Waals surface area contributed by atoms with Crippen LogP contribution in [0.4, 0.5) is 4.79 Å². The lowest BCUT2D eigenvalue weighted by molar-refractivity contribution is -0.161. The van der Waals surface area contributed by atoms with E-state index >= 15 is 0 Å². The summed E-state index contributed by atoms with van der Waals surface area (Å²) in [5.74, 6) is 4.68. The van der Waals surface area contributed by atoms with Crippen molar-refractivity contribution < 1.29 is 47.2 Å². The molecule has 0 fully saturated rings. The number of nitrogens with zero attached hydrogens (tertiary/aromatic N) is 1. The van der Waals surface area contributed by atoms with Gasteiger partial charge in [-0.25, -0.2) is 15.2 Å². The van der Waals surface area contributed by atoms with E-state index in [1.807, 2.05) is 20.8 Å². The number of urea groups is 1. The number of phosphoric ester groups is 1. The maximum Gasteiger partial charge on any atom is 0.472 e. The number of hydrazine groups is 1. The number of nitrogens with two attached hydrogens (primary N) is 1. The summed E-state index contributed by atoms with van der Waals surface area (Å²) in [6, 6.07) is -0.756. The molecule has 0 radical (unpaired) electrons. The van der Waals surface area contributed by atoms with E-state index in [1.165, 1.54) is 141 Å².